The third-order valence-corrected chi connectivity index (χ3v) is 4.73. The molecule has 6 heteroatoms. The number of rotatable bonds is 7. The number of carbonyl (C=O) groups excluding carboxylic acids is 1. The van der Waals surface area contributed by atoms with Gasteiger partial charge in [-0.1, -0.05) is 6.07 Å². The SMILES string of the molecule is COc1ccc(CCCC(=O)N2CCCC2(C)C(=O)O)c(OC)c1. The zero-order chi connectivity index (χ0) is 17.7. The molecule has 0 saturated carbocycles. The van der Waals surface area contributed by atoms with Gasteiger partial charge in [-0.3, -0.25) is 4.79 Å². The van der Waals surface area contributed by atoms with Crippen LogP contribution in [0.2, 0.25) is 0 Å². The normalized spacial score (nSPS) is 20.0. The van der Waals surface area contributed by atoms with Gasteiger partial charge in [0.15, 0.2) is 0 Å². The first kappa shape index (κ1) is 18.1. The summed E-state index contributed by atoms with van der Waals surface area (Å²) in [4.78, 5) is 25.4. The molecule has 132 valence electrons. The summed E-state index contributed by atoms with van der Waals surface area (Å²) in [5.41, 5.74) is -0.0527. The van der Waals surface area contributed by atoms with Crippen LogP contribution in [0.5, 0.6) is 11.5 Å². The first-order chi connectivity index (χ1) is 11.4. The minimum absolute atomic E-state index is 0.0927. The van der Waals surface area contributed by atoms with Crippen molar-refractivity contribution in [3.05, 3.63) is 23.8 Å². The Morgan fingerprint density at radius 2 is 2.04 bits per heavy atom. The highest BCUT2D eigenvalue weighted by atomic mass is 16.5. The fourth-order valence-electron chi connectivity index (χ4n) is 3.21. The second-order valence-corrected chi connectivity index (χ2v) is 6.26. The quantitative estimate of drug-likeness (QED) is 0.828. The van der Waals surface area contributed by atoms with Crippen LogP contribution < -0.4 is 9.47 Å². The van der Waals surface area contributed by atoms with E-state index in [1.807, 2.05) is 18.2 Å². The van der Waals surface area contributed by atoms with E-state index in [9.17, 15) is 14.7 Å². The molecule has 1 aromatic carbocycles. The number of ether oxygens (including phenoxy) is 2. The molecule has 24 heavy (non-hydrogen) atoms. The number of methoxy groups -OCH3 is 2. The predicted octanol–water partition coefficient (Wildman–Crippen LogP) is 2.49. The van der Waals surface area contributed by atoms with Crippen molar-refractivity contribution in [2.45, 2.75) is 44.6 Å². The maximum absolute atomic E-state index is 12.4. The summed E-state index contributed by atoms with van der Waals surface area (Å²) >= 11 is 0. The molecule has 0 spiro atoms. The molecule has 0 radical (unpaired) electrons. The number of likely N-dealkylation sites (tertiary alicyclic amines) is 1. The zero-order valence-corrected chi connectivity index (χ0v) is 14.5. The molecule has 0 bridgehead atoms. The number of carbonyl (C=O) groups is 2. The van der Waals surface area contributed by atoms with Crippen LogP contribution in [-0.2, 0) is 16.0 Å². The molecular weight excluding hydrogens is 310 g/mol. The second-order valence-electron chi connectivity index (χ2n) is 6.26. The van der Waals surface area contributed by atoms with E-state index >= 15 is 0 Å². The highest BCUT2D eigenvalue weighted by Gasteiger charge is 2.45. The van der Waals surface area contributed by atoms with Crippen LogP contribution >= 0.6 is 0 Å². The van der Waals surface area contributed by atoms with Crippen molar-refractivity contribution in [1.82, 2.24) is 4.90 Å². The highest BCUT2D eigenvalue weighted by molar-refractivity contribution is 5.87. The van der Waals surface area contributed by atoms with Crippen molar-refractivity contribution in [2.75, 3.05) is 20.8 Å². The summed E-state index contributed by atoms with van der Waals surface area (Å²) in [5.74, 6) is 0.439. The van der Waals surface area contributed by atoms with Crippen molar-refractivity contribution in [1.29, 1.82) is 0 Å². The molecule has 1 N–H and O–H groups in total. The molecule has 1 saturated heterocycles. The molecule has 1 unspecified atom stereocenters. The standard InChI is InChI=1S/C18H25NO5/c1-18(17(21)22)10-5-11-19(18)16(20)7-4-6-13-8-9-14(23-2)12-15(13)24-3/h8-9,12H,4-7,10-11H2,1-3H3,(H,21,22). The molecule has 6 nitrogen and oxygen atoms in total. The van der Waals surface area contributed by atoms with E-state index < -0.39 is 11.5 Å². The fraction of sp³-hybridized carbons (Fsp3) is 0.556. The lowest BCUT2D eigenvalue weighted by atomic mass is 9.98. The van der Waals surface area contributed by atoms with E-state index in [2.05, 4.69) is 0 Å². The predicted molar refractivity (Wildman–Crippen MR) is 89.5 cm³/mol. The van der Waals surface area contributed by atoms with Crippen LogP contribution in [0.3, 0.4) is 0 Å². The average molecular weight is 335 g/mol. The van der Waals surface area contributed by atoms with Crippen molar-refractivity contribution >= 4 is 11.9 Å². The molecule has 2 rings (SSSR count). The van der Waals surface area contributed by atoms with Gasteiger partial charge in [0.2, 0.25) is 5.91 Å². The Morgan fingerprint density at radius 3 is 2.67 bits per heavy atom. The van der Waals surface area contributed by atoms with Gasteiger partial charge in [-0.05, 0) is 44.2 Å². The van der Waals surface area contributed by atoms with E-state index in [0.717, 1.165) is 23.5 Å². The molecule has 1 aliphatic heterocycles. The minimum atomic E-state index is -1.06. The van der Waals surface area contributed by atoms with E-state index in [1.54, 1.807) is 21.1 Å². The van der Waals surface area contributed by atoms with E-state index in [1.165, 1.54) is 4.90 Å². The van der Waals surface area contributed by atoms with Gasteiger partial charge < -0.3 is 19.5 Å². The van der Waals surface area contributed by atoms with Crippen molar-refractivity contribution < 1.29 is 24.2 Å². The summed E-state index contributed by atoms with van der Waals surface area (Å²) in [6, 6.07) is 5.61. The Kier molecular flexibility index (Phi) is 5.70. The third kappa shape index (κ3) is 3.63. The number of nitrogens with zero attached hydrogens (tertiary/aromatic N) is 1. The van der Waals surface area contributed by atoms with Crippen molar-refractivity contribution in [3.63, 3.8) is 0 Å². The molecule has 1 aliphatic rings. The Labute approximate surface area is 142 Å². The van der Waals surface area contributed by atoms with Gasteiger partial charge in [0.1, 0.15) is 17.0 Å². The van der Waals surface area contributed by atoms with Gasteiger partial charge in [0.25, 0.3) is 0 Å². The zero-order valence-electron chi connectivity index (χ0n) is 14.5. The number of amides is 1. The summed E-state index contributed by atoms with van der Waals surface area (Å²) in [5, 5.41) is 9.39. The summed E-state index contributed by atoms with van der Waals surface area (Å²) in [6.07, 6.45) is 2.92. The number of aryl methyl sites for hydroxylation is 1. The van der Waals surface area contributed by atoms with Crippen molar-refractivity contribution in [2.24, 2.45) is 0 Å². The molecular formula is C18H25NO5. The Hall–Kier alpha value is -2.24. The van der Waals surface area contributed by atoms with Gasteiger partial charge in [0.05, 0.1) is 14.2 Å². The van der Waals surface area contributed by atoms with Gasteiger partial charge in [-0.2, -0.15) is 0 Å². The lowest BCUT2D eigenvalue weighted by Gasteiger charge is -2.31. The van der Waals surface area contributed by atoms with Crippen LogP contribution in [0, 0.1) is 0 Å². The maximum Gasteiger partial charge on any atom is 0.329 e. The number of benzene rings is 1. The lowest BCUT2D eigenvalue weighted by molar-refractivity contribution is -0.155. The summed E-state index contributed by atoms with van der Waals surface area (Å²) in [6.45, 7) is 2.15. The minimum Gasteiger partial charge on any atom is -0.497 e. The third-order valence-electron chi connectivity index (χ3n) is 4.73. The monoisotopic (exact) mass is 335 g/mol. The molecule has 1 heterocycles. The topological polar surface area (TPSA) is 76.1 Å². The first-order valence-electron chi connectivity index (χ1n) is 8.17. The second kappa shape index (κ2) is 7.55. The molecule has 1 aromatic rings. The number of carboxylic acids is 1. The van der Waals surface area contributed by atoms with Crippen molar-refractivity contribution in [3.8, 4) is 11.5 Å². The van der Waals surface area contributed by atoms with Gasteiger partial charge >= 0.3 is 5.97 Å². The molecule has 0 aromatic heterocycles. The van der Waals surface area contributed by atoms with E-state index in [-0.39, 0.29) is 5.91 Å². The van der Waals surface area contributed by atoms with Gasteiger partial charge in [0, 0.05) is 19.0 Å². The van der Waals surface area contributed by atoms with Crippen LogP contribution in [0.1, 0.15) is 38.2 Å². The largest absolute Gasteiger partial charge is 0.497 e. The number of aliphatic carboxylic acids is 1. The van der Waals surface area contributed by atoms with Crippen LogP contribution in [-0.4, -0.2) is 48.2 Å². The fourth-order valence-corrected chi connectivity index (χ4v) is 3.21. The maximum atomic E-state index is 12.4. The molecule has 1 atom stereocenters. The van der Waals surface area contributed by atoms with E-state index in [0.29, 0.717) is 32.2 Å². The molecule has 1 amide bonds. The van der Waals surface area contributed by atoms with Crippen LogP contribution in [0.4, 0.5) is 0 Å². The molecule has 1 fully saturated rings. The smallest absolute Gasteiger partial charge is 0.329 e. The van der Waals surface area contributed by atoms with Gasteiger partial charge in [-0.15, -0.1) is 0 Å². The number of carboxylic acid groups (broad SMARTS) is 1. The summed E-state index contributed by atoms with van der Waals surface area (Å²) in [7, 11) is 3.20. The van der Waals surface area contributed by atoms with Crippen LogP contribution in [0.15, 0.2) is 18.2 Å². The Balaban J connectivity index is 1.95. The summed E-state index contributed by atoms with van der Waals surface area (Å²) < 4.78 is 10.5. The lowest BCUT2D eigenvalue weighted by Crippen LogP contribution is -2.50. The van der Waals surface area contributed by atoms with Gasteiger partial charge in [-0.25, -0.2) is 4.79 Å². The average Bonchev–Trinajstić information content (AvgIpc) is 2.98. The first-order valence-corrected chi connectivity index (χ1v) is 8.17. The Bertz CT molecular complexity index is 615. The van der Waals surface area contributed by atoms with E-state index in [4.69, 9.17) is 9.47 Å². The number of hydrogen-bond acceptors (Lipinski definition) is 4. The molecule has 0 aliphatic carbocycles. The number of hydrogen-bond donors (Lipinski definition) is 1. The van der Waals surface area contributed by atoms with Crippen LogP contribution in [0.25, 0.3) is 0 Å². The highest BCUT2D eigenvalue weighted by Crippen LogP contribution is 2.31. The Morgan fingerprint density at radius 1 is 1.29 bits per heavy atom.